The fraction of sp³-hybridized carbons (Fsp3) is 1.00. The second-order valence-electron chi connectivity index (χ2n) is 2.23. The van der Waals surface area contributed by atoms with Gasteiger partial charge >= 0.3 is 0 Å². The lowest BCUT2D eigenvalue weighted by Gasteiger charge is -2.06. The molecule has 0 amide bonds. The molecule has 0 spiro atoms. The normalized spacial score (nSPS) is 22.1. The van der Waals surface area contributed by atoms with Crippen molar-refractivity contribution in [2.24, 2.45) is 0 Å². The van der Waals surface area contributed by atoms with E-state index in [0.717, 1.165) is 0 Å². The largest absolute Gasteiger partial charge is 0.299 e. The highest BCUT2D eigenvalue weighted by Crippen LogP contribution is 2.19. The van der Waals surface area contributed by atoms with Crippen molar-refractivity contribution in [2.75, 3.05) is 7.05 Å². The van der Waals surface area contributed by atoms with Gasteiger partial charge in [-0.2, -0.15) is 0 Å². The summed E-state index contributed by atoms with van der Waals surface area (Å²) in [6.07, 6.45) is 5.65. The number of hydrogen-bond donors (Lipinski definition) is 1. The average Bonchev–Trinajstić information content (AvgIpc) is 2.19. The molecule has 0 aromatic rings. The van der Waals surface area contributed by atoms with Crippen LogP contribution in [0, 0.1) is 0 Å². The monoisotopic (exact) mass is 115 g/mol. The summed E-state index contributed by atoms with van der Waals surface area (Å²) < 4.78 is 0. The quantitative estimate of drug-likeness (QED) is 0.544. The van der Waals surface area contributed by atoms with Crippen molar-refractivity contribution in [3.8, 4) is 0 Å². The van der Waals surface area contributed by atoms with Gasteiger partial charge in [0.1, 0.15) is 0 Å². The summed E-state index contributed by atoms with van der Waals surface area (Å²) >= 11 is 0. The van der Waals surface area contributed by atoms with Gasteiger partial charge in [0.25, 0.3) is 0 Å². The van der Waals surface area contributed by atoms with Gasteiger partial charge in [-0.3, -0.25) is 4.84 Å². The Morgan fingerprint density at radius 3 is 2.50 bits per heavy atom. The zero-order chi connectivity index (χ0) is 5.82. The Hall–Kier alpha value is -0.0800. The first-order valence-corrected chi connectivity index (χ1v) is 3.26. The standard InChI is InChI=1S/C6H13NO/c1-7-8-6-4-2-3-5-6/h6-7H,2-5H2,1H3. The van der Waals surface area contributed by atoms with Gasteiger partial charge in [0.2, 0.25) is 0 Å². The van der Waals surface area contributed by atoms with E-state index in [1.807, 2.05) is 7.05 Å². The molecule has 0 heterocycles. The lowest BCUT2D eigenvalue weighted by molar-refractivity contribution is -0.00725. The fourth-order valence-electron chi connectivity index (χ4n) is 1.17. The van der Waals surface area contributed by atoms with Crippen molar-refractivity contribution >= 4 is 0 Å². The van der Waals surface area contributed by atoms with Crippen LogP contribution in [-0.2, 0) is 4.84 Å². The van der Waals surface area contributed by atoms with E-state index in [9.17, 15) is 0 Å². The molecular formula is C6H13NO. The Bertz CT molecular complexity index is 59.5. The van der Waals surface area contributed by atoms with Crippen LogP contribution in [0.3, 0.4) is 0 Å². The summed E-state index contributed by atoms with van der Waals surface area (Å²) in [6.45, 7) is 0. The molecule has 1 N–H and O–H groups in total. The van der Waals surface area contributed by atoms with Crippen LogP contribution in [0.2, 0.25) is 0 Å². The van der Waals surface area contributed by atoms with Crippen LogP contribution >= 0.6 is 0 Å². The third-order valence-electron chi connectivity index (χ3n) is 1.59. The Morgan fingerprint density at radius 2 is 2.00 bits per heavy atom. The van der Waals surface area contributed by atoms with Crippen LogP contribution in [0.5, 0.6) is 0 Å². The molecule has 1 fully saturated rings. The summed E-state index contributed by atoms with van der Waals surface area (Å²) in [4.78, 5) is 5.15. The summed E-state index contributed by atoms with van der Waals surface area (Å²) in [6, 6.07) is 0. The van der Waals surface area contributed by atoms with Gasteiger partial charge < -0.3 is 0 Å². The molecule has 2 nitrogen and oxygen atoms in total. The minimum Gasteiger partial charge on any atom is -0.299 e. The lowest BCUT2D eigenvalue weighted by Crippen LogP contribution is -2.16. The zero-order valence-corrected chi connectivity index (χ0v) is 5.31. The Kier molecular flexibility index (Phi) is 2.30. The van der Waals surface area contributed by atoms with E-state index in [4.69, 9.17) is 4.84 Å². The second-order valence-corrected chi connectivity index (χ2v) is 2.23. The SMILES string of the molecule is CNOC1CCCC1. The average molecular weight is 115 g/mol. The Labute approximate surface area is 50.2 Å². The molecule has 48 valence electrons. The van der Waals surface area contributed by atoms with Crippen molar-refractivity contribution in [3.05, 3.63) is 0 Å². The van der Waals surface area contributed by atoms with Gasteiger partial charge in [-0.05, 0) is 12.8 Å². The summed E-state index contributed by atoms with van der Waals surface area (Å²) in [7, 11) is 1.82. The van der Waals surface area contributed by atoms with E-state index in [0.29, 0.717) is 6.10 Å². The van der Waals surface area contributed by atoms with E-state index in [-0.39, 0.29) is 0 Å². The third kappa shape index (κ3) is 1.46. The first-order chi connectivity index (χ1) is 3.93. The Morgan fingerprint density at radius 1 is 1.38 bits per heavy atom. The van der Waals surface area contributed by atoms with Crippen LogP contribution in [0.15, 0.2) is 0 Å². The number of hydroxylamine groups is 1. The van der Waals surface area contributed by atoms with Crippen molar-refractivity contribution < 1.29 is 4.84 Å². The highest BCUT2D eigenvalue weighted by molar-refractivity contribution is 4.65. The highest BCUT2D eigenvalue weighted by atomic mass is 16.7. The lowest BCUT2D eigenvalue weighted by atomic mass is 10.3. The molecule has 1 saturated carbocycles. The van der Waals surface area contributed by atoms with E-state index < -0.39 is 0 Å². The topological polar surface area (TPSA) is 21.3 Å². The molecule has 0 aliphatic heterocycles. The van der Waals surface area contributed by atoms with Crippen molar-refractivity contribution in [2.45, 2.75) is 31.8 Å². The smallest absolute Gasteiger partial charge is 0.0790 e. The first-order valence-electron chi connectivity index (χ1n) is 3.26. The Balaban J connectivity index is 2.06. The van der Waals surface area contributed by atoms with Gasteiger partial charge in [0, 0.05) is 7.05 Å². The van der Waals surface area contributed by atoms with Gasteiger partial charge in [-0.1, -0.05) is 12.8 Å². The number of hydrogen-bond acceptors (Lipinski definition) is 2. The highest BCUT2D eigenvalue weighted by Gasteiger charge is 2.14. The van der Waals surface area contributed by atoms with Crippen LogP contribution in [0.4, 0.5) is 0 Å². The minimum absolute atomic E-state index is 0.500. The van der Waals surface area contributed by atoms with Gasteiger partial charge in [0.15, 0.2) is 0 Å². The molecule has 1 aliphatic carbocycles. The molecular weight excluding hydrogens is 102 g/mol. The van der Waals surface area contributed by atoms with E-state index >= 15 is 0 Å². The second kappa shape index (κ2) is 3.05. The third-order valence-corrected chi connectivity index (χ3v) is 1.59. The zero-order valence-electron chi connectivity index (χ0n) is 5.31. The molecule has 0 atom stereocenters. The van der Waals surface area contributed by atoms with Crippen LogP contribution < -0.4 is 5.48 Å². The molecule has 1 aliphatic rings. The van der Waals surface area contributed by atoms with Crippen molar-refractivity contribution in [3.63, 3.8) is 0 Å². The summed E-state index contributed by atoms with van der Waals surface area (Å²) in [5, 5.41) is 0. The maximum atomic E-state index is 5.15. The van der Waals surface area contributed by atoms with Gasteiger partial charge in [0.05, 0.1) is 6.10 Å². The molecule has 0 unspecified atom stereocenters. The summed E-state index contributed by atoms with van der Waals surface area (Å²) in [5.74, 6) is 0. The van der Waals surface area contributed by atoms with Gasteiger partial charge in [-0.25, -0.2) is 5.48 Å². The van der Waals surface area contributed by atoms with Crippen LogP contribution in [0.25, 0.3) is 0 Å². The molecule has 0 aromatic carbocycles. The molecule has 8 heavy (non-hydrogen) atoms. The maximum Gasteiger partial charge on any atom is 0.0790 e. The minimum atomic E-state index is 0.500. The predicted octanol–water partition coefficient (Wildman–Crippen LogP) is 1.08. The van der Waals surface area contributed by atoms with Gasteiger partial charge in [-0.15, -0.1) is 0 Å². The molecule has 0 aromatic heterocycles. The van der Waals surface area contributed by atoms with Crippen LogP contribution in [-0.4, -0.2) is 13.2 Å². The van der Waals surface area contributed by atoms with E-state index in [2.05, 4.69) is 5.48 Å². The molecule has 0 bridgehead atoms. The molecule has 0 radical (unpaired) electrons. The van der Waals surface area contributed by atoms with Crippen LogP contribution in [0.1, 0.15) is 25.7 Å². The van der Waals surface area contributed by atoms with E-state index in [1.165, 1.54) is 25.7 Å². The fourth-order valence-corrected chi connectivity index (χ4v) is 1.17. The predicted molar refractivity (Wildman–Crippen MR) is 32.4 cm³/mol. The first kappa shape index (κ1) is 6.05. The number of rotatable bonds is 2. The number of nitrogens with one attached hydrogen (secondary N) is 1. The summed E-state index contributed by atoms with van der Waals surface area (Å²) in [5.41, 5.74) is 2.71. The molecule has 0 saturated heterocycles. The van der Waals surface area contributed by atoms with Crippen molar-refractivity contribution in [1.29, 1.82) is 0 Å². The van der Waals surface area contributed by atoms with E-state index in [1.54, 1.807) is 0 Å². The molecule has 1 rings (SSSR count). The maximum absolute atomic E-state index is 5.15. The molecule has 2 heteroatoms. The van der Waals surface area contributed by atoms with Crippen molar-refractivity contribution in [1.82, 2.24) is 5.48 Å².